The molecule has 0 bridgehead atoms. The van der Waals surface area contributed by atoms with Crippen LogP contribution in [0.4, 0.5) is 4.39 Å². The van der Waals surface area contributed by atoms with Gasteiger partial charge in [-0.15, -0.1) is 0 Å². The van der Waals surface area contributed by atoms with Crippen molar-refractivity contribution in [3.63, 3.8) is 0 Å². The number of halogens is 3. The minimum Gasteiger partial charge on any atom is -0.306 e. The third-order valence-electron chi connectivity index (χ3n) is 3.89. The van der Waals surface area contributed by atoms with E-state index in [1.165, 1.54) is 6.07 Å². The number of pyridine rings is 1. The van der Waals surface area contributed by atoms with E-state index in [4.69, 9.17) is 0 Å². The lowest BCUT2D eigenvalue weighted by atomic mass is 10.0. The molecule has 0 aliphatic carbocycles. The summed E-state index contributed by atoms with van der Waals surface area (Å²) in [6, 6.07) is 4.89. The summed E-state index contributed by atoms with van der Waals surface area (Å²) in [4.78, 5) is 17.1. The summed E-state index contributed by atoms with van der Waals surface area (Å²) in [5.74, 6) is -0.311. The molecule has 4 aromatic rings. The lowest BCUT2D eigenvalue weighted by Gasteiger charge is -2.16. The van der Waals surface area contributed by atoms with Crippen LogP contribution < -0.4 is 0 Å². The second kappa shape index (κ2) is 5.86. The van der Waals surface area contributed by atoms with E-state index >= 15 is 0 Å². The quantitative estimate of drug-likeness (QED) is 0.446. The molecule has 8 heteroatoms. The molecule has 0 aliphatic heterocycles. The largest absolute Gasteiger partial charge is 0.306 e. The van der Waals surface area contributed by atoms with E-state index in [1.54, 1.807) is 18.7 Å². The van der Waals surface area contributed by atoms with Crippen LogP contribution in [0, 0.1) is 5.82 Å². The van der Waals surface area contributed by atoms with Crippen LogP contribution in [0.25, 0.3) is 22.2 Å². The van der Waals surface area contributed by atoms with Crippen LogP contribution >= 0.6 is 31.9 Å². The zero-order valence-corrected chi connectivity index (χ0v) is 15.6. The van der Waals surface area contributed by atoms with Gasteiger partial charge >= 0.3 is 0 Å². The van der Waals surface area contributed by atoms with E-state index in [2.05, 4.69) is 51.8 Å². The number of fused-ring (bicyclic) bond motifs is 2. The van der Waals surface area contributed by atoms with Crippen LogP contribution in [-0.4, -0.2) is 24.5 Å². The maximum absolute atomic E-state index is 14.6. The second-order valence-corrected chi connectivity index (χ2v) is 7.12. The molecule has 0 aliphatic rings. The van der Waals surface area contributed by atoms with Crippen LogP contribution in [0.1, 0.15) is 18.5 Å². The van der Waals surface area contributed by atoms with Crippen molar-refractivity contribution in [3.8, 4) is 0 Å². The smallest absolute Gasteiger partial charge is 0.197 e. The van der Waals surface area contributed by atoms with E-state index in [0.717, 1.165) is 9.86 Å². The number of hydrogen-bond acceptors (Lipinski definition) is 4. The van der Waals surface area contributed by atoms with Gasteiger partial charge in [-0.25, -0.2) is 19.3 Å². The second-order valence-electron chi connectivity index (χ2n) is 5.39. The standard InChI is InChI=1S/C16H10Br2FN5/c1-8(24-7-22-15-16(24)23-14(18)6-21-15)11-3-9-2-10(17)5-20-13(9)4-12(11)19/h2-8H,1H3. The molecule has 0 spiro atoms. The van der Waals surface area contributed by atoms with Crippen molar-refractivity contribution in [2.45, 2.75) is 13.0 Å². The minimum absolute atomic E-state index is 0.290. The van der Waals surface area contributed by atoms with Crippen molar-refractivity contribution < 1.29 is 4.39 Å². The zero-order chi connectivity index (χ0) is 16.8. The molecule has 0 saturated heterocycles. The first-order chi connectivity index (χ1) is 11.5. The van der Waals surface area contributed by atoms with E-state index < -0.39 is 0 Å². The maximum Gasteiger partial charge on any atom is 0.197 e. The van der Waals surface area contributed by atoms with Crippen molar-refractivity contribution in [1.82, 2.24) is 24.5 Å². The summed E-state index contributed by atoms with van der Waals surface area (Å²) in [6.07, 6.45) is 4.87. The van der Waals surface area contributed by atoms with Gasteiger partial charge in [0.15, 0.2) is 11.3 Å². The predicted octanol–water partition coefficient (Wildman–Crippen LogP) is 4.65. The molecule has 1 unspecified atom stereocenters. The van der Waals surface area contributed by atoms with E-state index in [9.17, 15) is 4.39 Å². The number of hydrogen-bond donors (Lipinski definition) is 0. The summed E-state index contributed by atoms with van der Waals surface area (Å²) in [5, 5.41) is 0.865. The van der Waals surface area contributed by atoms with E-state index in [0.29, 0.717) is 27.0 Å². The Morgan fingerprint density at radius 3 is 2.75 bits per heavy atom. The Morgan fingerprint density at radius 2 is 1.92 bits per heavy atom. The van der Waals surface area contributed by atoms with Gasteiger partial charge in [0.25, 0.3) is 0 Å². The minimum atomic E-state index is -0.311. The molecule has 1 atom stereocenters. The van der Waals surface area contributed by atoms with Gasteiger partial charge in [-0.05, 0) is 50.9 Å². The molecule has 120 valence electrons. The molecule has 3 heterocycles. The topological polar surface area (TPSA) is 56.5 Å². The Labute approximate surface area is 153 Å². The Bertz CT molecular complexity index is 1080. The van der Waals surface area contributed by atoms with Crippen molar-refractivity contribution >= 4 is 54.1 Å². The Hall–Kier alpha value is -1.93. The highest BCUT2D eigenvalue weighted by atomic mass is 79.9. The molecule has 5 nitrogen and oxygen atoms in total. The van der Waals surface area contributed by atoms with Gasteiger partial charge in [0, 0.05) is 27.7 Å². The molecule has 0 radical (unpaired) electrons. The maximum atomic E-state index is 14.6. The van der Waals surface area contributed by atoms with E-state index in [1.807, 2.05) is 23.6 Å². The van der Waals surface area contributed by atoms with Crippen molar-refractivity contribution in [2.24, 2.45) is 0 Å². The highest BCUT2D eigenvalue weighted by Crippen LogP contribution is 2.28. The van der Waals surface area contributed by atoms with Gasteiger partial charge < -0.3 is 4.57 Å². The average molecular weight is 451 g/mol. The molecule has 24 heavy (non-hydrogen) atoms. The van der Waals surface area contributed by atoms with Gasteiger partial charge in [0.1, 0.15) is 10.4 Å². The number of imidazole rings is 1. The SMILES string of the molecule is CC(c1cc2cc(Br)cnc2cc1F)n1cnc2ncc(Br)nc21. The highest BCUT2D eigenvalue weighted by Gasteiger charge is 2.18. The van der Waals surface area contributed by atoms with Crippen LogP contribution in [0.15, 0.2) is 46.0 Å². The first kappa shape index (κ1) is 15.6. The van der Waals surface area contributed by atoms with Crippen LogP contribution in [0.5, 0.6) is 0 Å². The molecular weight excluding hydrogens is 441 g/mol. The molecule has 0 saturated carbocycles. The highest BCUT2D eigenvalue weighted by molar-refractivity contribution is 9.10. The lowest BCUT2D eigenvalue weighted by Crippen LogP contribution is -2.09. The molecular formula is C16H10Br2FN5. The Morgan fingerprint density at radius 1 is 1.08 bits per heavy atom. The Kier molecular flexibility index (Phi) is 3.80. The third-order valence-corrected chi connectivity index (χ3v) is 4.70. The third kappa shape index (κ3) is 2.59. The zero-order valence-electron chi connectivity index (χ0n) is 12.4. The van der Waals surface area contributed by atoms with Gasteiger partial charge in [-0.3, -0.25) is 4.98 Å². The molecule has 1 aromatic carbocycles. The summed E-state index contributed by atoms with van der Waals surface area (Å²) >= 11 is 6.71. The number of benzene rings is 1. The molecule has 0 amide bonds. The average Bonchev–Trinajstić information content (AvgIpc) is 2.97. The lowest BCUT2D eigenvalue weighted by molar-refractivity contribution is 0.564. The van der Waals surface area contributed by atoms with Crippen LogP contribution in [0.2, 0.25) is 0 Å². The first-order valence-electron chi connectivity index (χ1n) is 7.13. The van der Waals surface area contributed by atoms with Crippen molar-refractivity contribution in [2.75, 3.05) is 0 Å². The fourth-order valence-corrected chi connectivity index (χ4v) is 3.30. The number of aromatic nitrogens is 5. The number of rotatable bonds is 2. The van der Waals surface area contributed by atoms with Gasteiger partial charge in [0.05, 0.1) is 24.1 Å². The fraction of sp³-hybridized carbons (Fsp3) is 0.125. The summed E-state index contributed by atoms with van der Waals surface area (Å²) < 4.78 is 17.9. The molecule has 4 rings (SSSR count). The first-order valence-corrected chi connectivity index (χ1v) is 8.71. The Balaban J connectivity index is 1.89. The van der Waals surface area contributed by atoms with Gasteiger partial charge in [-0.2, -0.15) is 0 Å². The predicted molar refractivity (Wildman–Crippen MR) is 96.2 cm³/mol. The molecule has 0 N–H and O–H groups in total. The van der Waals surface area contributed by atoms with Gasteiger partial charge in [-0.1, -0.05) is 0 Å². The summed E-state index contributed by atoms with van der Waals surface area (Å²) in [6.45, 7) is 1.90. The van der Waals surface area contributed by atoms with Gasteiger partial charge in [0.2, 0.25) is 0 Å². The monoisotopic (exact) mass is 449 g/mol. The normalized spacial score (nSPS) is 12.8. The van der Waals surface area contributed by atoms with E-state index in [-0.39, 0.29) is 11.9 Å². The fourth-order valence-electron chi connectivity index (χ4n) is 2.68. The summed E-state index contributed by atoms with van der Waals surface area (Å²) in [7, 11) is 0. The summed E-state index contributed by atoms with van der Waals surface area (Å²) in [5.41, 5.74) is 2.28. The van der Waals surface area contributed by atoms with Crippen molar-refractivity contribution in [1.29, 1.82) is 0 Å². The van der Waals surface area contributed by atoms with Crippen LogP contribution in [0.3, 0.4) is 0 Å². The number of nitrogens with zero attached hydrogens (tertiary/aromatic N) is 5. The molecule has 3 aromatic heterocycles. The van der Waals surface area contributed by atoms with Crippen molar-refractivity contribution in [3.05, 3.63) is 57.4 Å². The molecule has 0 fully saturated rings. The van der Waals surface area contributed by atoms with Crippen LogP contribution in [-0.2, 0) is 0 Å².